The van der Waals surface area contributed by atoms with Crippen molar-refractivity contribution in [1.82, 2.24) is 0 Å². The molecule has 4 nitrogen and oxygen atoms in total. The fraction of sp³-hybridized carbons (Fsp3) is 0.900. The summed E-state index contributed by atoms with van der Waals surface area (Å²) in [6.07, 6.45) is 11.5. The number of aliphatic carboxylic acids is 1. The smallest absolute Gasteiger partial charge is 0.310 e. The van der Waals surface area contributed by atoms with E-state index < -0.39 is 11.4 Å². The maximum absolute atomic E-state index is 12.8. The lowest BCUT2D eigenvalue weighted by Gasteiger charge is -2.71. The Morgan fingerprint density at radius 2 is 1.68 bits per heavy atom. The molecule has 0 aliphatic heterocycles. The van der Waals surface area contributed by atoms with Crippen LogP contribution >= 0.6 is 0 Å². The molecule has 4 saturated carbocycles. The lowest BCUT2D eigenvalue weighted by Crippen LogP contribution is -2.65. The first-order valence-corrected chi connectivity index (χ1v) is 14.0. The van der Waals surface area contributed by atoms with Crippen molar-refractivity contribution in [3.8, 4) is 0 Å². The number of hydrogen-bond donors (Lipinski definition) is 1. The van der Waals surface area contributed by atoms with E-state index in [4.69, 9.17) is 0 Å². The number of nitrogens with zero attached hydrogens (tertiary/aromatic N) is 1. The van der Waals surface area contributed by atoms with Crippen LogP contribution in [0.5, 0.6) is 0 Å². The van der Waals surface area contributed by atoms with E-state index in [9.17, 15) is 14.8 Å². The van der Waals surface area contributed by atoms with Gasteiger partial charge in [-0.2, -0.15) is 4.91 Å². The molecule has 1 N–H and O–H groups in total. The van der Waals surface area contributed by atoms with Crippen molar-refractivity contribution in [2.45, 2.75) is 112 Å². The fourth-order valence-electron chi connectivity index (χ4n) is 11.2. The van der Waals surface area contributed by atoms with Crippen LogP contribution in [0, 0.1) is 61.6 Å². The monoisotopic (exact) mass is 469 g/mol. The highest BCUT2D eigenvalue weighted by atomic mass is 16.4. The molecule has 4 heteroatoms. The van der Waals surface area contributed by atoms with E-state index in [2.05, 4.69) is 59.7 Å². The molecule has 0 radical (unpaired) electrons. The molecule has 0 aromatic heterocycles. The van der Waals surface area contributed by atoms with E-state index in [0.29, 0.717) is 23.7 Å². The van der Waals surface area contributed by atoms with Crippen molar-refractivity contribution < 1.29 is 9.90 Å². The first-order valence-electron chi connectivity index (χ1n) is 14.0. The minimum atomic E-state index is -0.582. The molecule has 5 aliphatic rings. The van der Waals surface area contributed by atoms with Gasteiger partial charge in [0.2, 0.25) is 0 Å². The van der Waals surface area contributed by atoms with Gasteiger partial charge in [-0.05, 0) is 109 Å². The second-order valence-electron chi connectivity index (χ2n) is 14.8. The molecule has 0 amide bonds. The van der Waals surface area contributed by atoms with Crippen LogP contribution in [-0.2, 0) is 4.79 Å². The van der Waals surface area contributed by atoms with Gasteiger partial charge in [0.15, 0.2) is 0 Å². The molecule has 0 bridgehead atoms. The van der Waals surface area contributed by atoms with E-state index in [1.807, 2.05) is 0 Å². The Hall–Kier alpha value is -1.19. The minimum Gasteiger partial charge on any atom is -0.481 e. The topological polar surface area (TPSA) is 66.7 Å². The van der Waals surface area contributed by atoms with Crippen LogP contribution in [0.25, 0.3) is 0 Å². The first-order chi connectivity index (χ1) is 15.8. The number of allylic oxidation sites excluding steroid dienone is 2. The average Bonchev–Trinajstić information content (AvgIpc) is 2.75. The van der Waals surface area contributed by atoms with Crippen LogP contribution in [0.4, 0.5) is 0 Å². The molecular formula is C30H47NO3. The van der Waals surface area contributed by atoms with E-state index in [0.717, 1.165) is 44.9 Å². The summed E-state index contributed by atoms with van der Waals surface area (Å²) in [4.78, 5) is 24.6. The van der Waals surface area contributed by atoms with E-state index >= 15 is 0 Å². The third-order valence-electron chi connectivity index (χ3n) is 13.2. The van der Waals surface area contributed by atoms with E-state index in [1.165, 1.54) is 18.4 Å². The highest BCUT2D eigenvalue weighted by Gasteiger charge is 2.69. The largest absolute Gasteiger partial charge is 0.481 e. The Morgan fingerprint density at radius 3 is 2.32 bits per heavy atom. The van der Waals surface area contributed by atoms with Gasteiger partial charge in [0.1, 0.15) is 0 Å². The van der Waals surface area contributed by atoms with Crippen molar-refractivity contribution in [2.24, 2.45) is 61.8 Å². The Balaban J connectivity index is 1.62. The van der Waals surface area contributed by atoms with Crippen molar-refractivity contribution in [1.29, 1.82) is 0 Å². The van der Waals surface area contributed by atoms with Crippen LogP contribution < -0.4 is 0 Å². The molecule has 34 heavy (non-hydrogen) atoms. The lowest BCUT2D eigenvalue weighted by molar-refractivity contribution is -0.191. The van der Waals surface area contributed by atoms with Gasteiger partial charge in [0, 0.05) is 0 Å². The number of carbonyl (C=O) groups is 1. The lowest BCUT2D eigenvalue weighted by atomic mass is 9.33. The molecule has 5 aliphatic carbocycles. The van der Waals surface area contributed by atoms with Crippen LogP contribution in [0.3, 0.4) is 0 Å². The Kier molecular flexibility index (Phi) is 5.34. The first kappa shape index (κ1) is 24.5. The van der Waals surface area contributed by atoms with E-state index in [1.54, 1.807) is 0 Å². The normalized spacial score (nSPS) is 53.9. The highest BCUT2D eigenvalue weighted by Crippen LogP contribution is 2.75. The van der Waals surface area contributed by atoms with Gasteiger partial charge in [-0.3, -0.25) is 4.79 Å². The highest BCUT2D eigenvalue weighted by molar-refractivity contribution is 5.76. The summed E-state index contributed by atoms with van der Waals surface area (Å²) in [5.74, 6) is 1.70. The molecule has 0 aromatic rings. The molecule has 4 fully saturated rings. The quantitative estimate of drug-likeness (QED) is 0.330. The second-order valence-corrected chi connectivity index (χ2v) is 14.8. The maximum atomic E-state index is 12.8. The van der Waals surface area contributed by atoms with Crippen molar-refractivity contribution in [2.75, 3.05) is 0 Å². The summed E-state index contributed by atoms with van der Waals surface area (Å²) in [6, 6.07) is -0.0815. The summed E-state index contributed by atoms with van der Waals surface area (Å²) < 4.78 is 0. The third kappa shape index (κ3) is 2.86. The number of carboxylic acids is 1. The van der Waals surface area contributed by atoms with Gasteiger partial charge >= 0.3 is 5.97 Å². The fourth-order valence-corrected chi connectivity index (χ4v) is 11.2. The molecule has 0 aromatic carbocycles. The molecule has 0 saturated heterocycles. The van der Waals surface area contributed by atoms with Crippen LogP contribution in [0.1, 0.15) is 106 Å². The van der Waals surface area contributed by atoms with E-state index in [-0.39, 0.29) is 33.6 Å². The SMILES string of the molecule is C[C@H]1[C@H](C)CC[C@]2(C(=O)O)CC[C@]3(C)C(=CC[C@@H]4[C@@]5(C)CC(N=O)CC(C)(C)[C@@H]5CC[C@]43C)[C@H]12. The molecule has 190 valence electrons. The zero-order chi connectivity index (χ0) is 24.9. The predicted octanol–water partition coefficient (Wildman–Crippen LogP) is 7.86. The predicted molar refractivity (Wildman–Crippen MR) is 136 cm³/mol. The van der Waals surface area contributed by atoms with Crippen molar-refractivity contribution >= 4 is 5.97 Å². The molecule has 10 atom stereocenters. The molecule has 5 rings (SSSR count). The van der Waals surface area contributed by atoms with Crippen LogP contribution in [-0.4, -0.2) is 17.1 Å². The van der Waals surface area contributed by atoms with Crippen LogP contribution in [0.15, 0.2) is 16.8 Å². The summed E-state index contributed by atoms with van der Waals surface area (Å²) >= 11 is 0. The number of rotatable bonds is 2. The number of nitroso groups, excluding NO2 is 1. The van der Waals surface area contributed by atoms with Gasteiger partial charge in [0.25, 0.3) is 0 Å². The van der Waals surface area contributed by atoms with Crippen molar-refractivity contribution in [3.05, 3.63) is 16.6 Å². The molecule has 1 unspecified atom stereocenters. The summed E-state index contributed by atoms with van der Waals surface area (Å²) in [7, 11) is 0. The zero-order valence-electron chi connectivity index (χ0n) is 22.6. The molecular weight excluding hydrogens is 422 g/mol. The molecule has 0 spiro atoms. The van der Waals surface area contributed by atoms with Crippen molar-refractivity contribution in [3.63, 3.8) is 0 Å². The Morgan fingerprint density at radius 1 is 0.971 bits per heavy atom. The van der Waals surface area contributed by atoms with Gasteiger partial charge in [-0.1, -0.05) is 65.3 Å². The standard InChI is InChI=1S/C30H47NO3/c1-18-10-13-30(25(32)33)15-14-28(6)21(24(30)19(18)2)8-9-23-27(5)17-20(31-34)16-26(3,4)22(27)11-12-29(23,28)7/h8,18-20,22-24H,9-17H2,1-7H3,(H,32,33)/t18-,19+,20?,22+,23-,24+,27+,28-,29-,30+/m1/s1. The van der Waals surface area contributed by atoms with Gasteiger partial charge < -0.3 is 5.11 Å². The van der Waals surface area contributed by atoms with Gasteiger partial charge in [0.05, 0.1) is 11.5 Å². The Labute approximate surface area is 206 Å². The van der Waals surface area contributed by atoms with Gasteiger partial charge in [-0.15, -0.1) is 0 Å². The maximum Gasteiger partial charge on any atom is 0.310 e. The summed E-state index contributed by atoms with van der Waals surface area (Å²) in [5, 5.41) is 14.1. The summed E-state index contributed by atoms with van der Waals surface area (Å²) in [5.41, 5.74) is 1.31. The zero-order valence-corrected chi connectivity index (χ0v) is 22.6. The molecule has 0 heterocycles. The summed E-state index contributed by atoms with van der Waals surface area (Å²) in [6.45, 7) is 16.9. The minimum absolute atomic E-state index is 0.0323. The second kappa shape index (κ2) is 7.42. The number of carboxylic acid groups (broad SMARTS) is 1. The third-order valence-corrected chi connectivity index (χ3v) is 13.2. The van der Waals surface area contributed by atoms with Crippen LogP contribution in [0.2, 0.25) is 0 Å². The van der Waals surface area contributed by atoms with Gasteiger partial charge in [-0.25, -0.2) is 0 Å². The number of hydrogen-bond acceptors (Lipinski definition) is 3. The average molecular weight is 470 g/mol. The number of fused-ring (bicyclic) bond motifs is 7. The Bertz CT molecular complexity index is 924.